The zero-order chi connectivity index (χ0) is 18.9. The van der Waals surface area contributed by atoms with Gasteiger partial charge in [-0.1, -0.05) is 24.1 Å². The fourth-order valence-electron chi connectivity index (χ4n) is 3.08. The molecular formula is C17H16ClN5O3S. The van der Waals surface area contributed by atoms with Gasteiger partial charge >= 0.3 is 0 Å². The Bertz CT molecular complexity index is 1040. The molecule has 1 saturated heterocycles. The molecule has 1 aromatic carbocycles. The summed E-state index contributed by atoms with van der Waals surface area (Å²) in [6.45, 7) is 0.377. The summed E-state index contributed by atoms with van der Waals surface area (Å²) >= 11 is 5.98. The quantitative estimate of drug-likeness (QED) is 0.657. The molecule has 3 aromatic rings. The summed E-state index contributed by atoms with van der Waals surface area (Å²) in [6, 6.07) is 5.71. The lowest BCUT2D eigenvalue weighted by molar-refractivity contribution is 0.220. The van der Waals surface area contributed by atoms with E-state index >= 15 is 0 Å². The van der Waals surface area contributed by atoms with Crippen LogP contribution in [0.25, 0.3) is 11.6 Å². The number of nitrogens with zero attached hydrogens (tertiary/aromatic N) is 5. The van der Waals surface area contributed by atoms with Gasteiger partial charge in [-0.15, -0.1) is 10.2 Å². The molecule has 140 valence electrons. The molecule has 10 heteroatoms. The minimum Gasteiger partial charge on any atom is -0.417 e. The lowest BCUT2D eigenvalue weighted by Gasteiger charge is -2.32. The molecule has 0 saturated carbocycles. The average Bonchev–Trinajstić information content (AvgIpc) is 3.19. The normalized spacial score (nSPS) is 18.5. The monoisotopic (exact) mass is 405 g/mol. The zero-order valence-electron chi connectivity index (χ0n) is 14.2. The summed E-state index contributed by atoms with van der Waals surface area (Å²) in [5, 5.41) is 8.45. The van der Waals surface area contributed by atoms with Crippen LogP contribution < -0.4 is 0 Å². The van der Waals surface area contributed by atoms with Crippen LogP contribution in [0.2, 0.25) is 5.02 Å². The average molecular weight is 406 g/mol. The van der Waals surface area contributed by atoms with Crippen LogP contribution in [0.15, 0.2) is 52.2 Å². The lowest BCUT2D eigenvalue weighted by Crippen LogP contribution is -2.38. The molecule has 0 radical (unpaired) electrons. The van der Waals surface area contributed by atoms with Gasteiger partial charge < -0.3 is 4.42 Å². The predicted octanol–water partition coefficient (Wildman–Crippen LogP) is 3.10. The maximum atomic E-state index is 13.2. The highest BCUT2D eigenvalue weighted by Crippen LogP contribution is 2.36. The van der Waals surface area contributed by atoms with Gasteiger partial charge in [0.25, 0.3) is 5.89 Å². The molecule has 2 aromatic heterocycles. The topological polar surface area (TPSA) is 102 Å². The Morgan fingerprint density at radius 3 is 2.85 bits per heavy atom. The molecule has 1 fully saturated rings. The first-order valence-electron chi connectivity index (χ1n) is 8.43. The smallest absolute Gasteiger partial charge is 0.267 e. The second kappa shape index (κ2) is 7.34. The molecule has 0 amide bonds. The van der Waals surface area contributed by atoms with E-state index in [1.807, 2.05) is 0 Å². The van der Waals surface area contributed by atoms with Crippen LogP contribution in [0.5, 0.6) is 0 Å². The molecule has 0 N–H and O–H groups in total. The molecule has 0 aliphatic carbocycles. The van der Waals surface area contributed by atoms with Crippen LogP contribution in [0.1, 0.15) is 31.2 Å². The Hall–Kier alpha value is -2.36. The van der Waals surface area contributed by atoms with Crippen LogP contribution >= 0.6 is 11.6 Å². The summed E-state index contributed by atoms with van der Waals surface area (Å²) in [4.78, 5) is 8.25. The van der Waals surface area contributed by atoms with Gasteiger partial charge in [0.05, 0.1) is 11.1 Å². The number of hydrogen-bond donors (Lipinski definition) is 0. The van der Waals surface area contributed by atoms with Crippen molar-refractivity contribution in [2.24, 2.45) is 0 Å². The fourth-order valence-corrected chi connectivity index (χ4v) is 5.04. The van der Waals surface area contributed by atoms with E-state index in [1.165, 1.54) is 28.8 Å². The lowest BCUT2D eigenvalue weighted by atomic mass is 10.1. The highest BCUT2D eigenvalue weighted by molar-refractivity contribution is 7.89. The third kappa shape index (κ3) is 3.58. The van der Waals surface area contributed by atoms with E-state index < -0.39 is 16.1 Å². The van der Waals surface area contributed by atoms with Gasteiger partial charge in [0.1, 0.15) is 11.7 Å². The Morgan fingerprint density at radius 1 is 1.19 bits per heavy atom. The number of benzene rings is 1. The second-order valence-corrected chi connectivity index (χ2v) is 8.45. The standard InChI is InChI=1S/C17H16ClN5O3S/c18-12-4-3-5-13(10-12)27(24,25)23-9-2-1-6-15(23)17-22-21-16(26-17)14-11-19-7-8-20-14/h3-5,7-8,10-11,15H,1-2,6,9H2/t15-/m1/s1. The first-order valence-corrected chi connectivity index (χ1v) is 10.2. The summed E-state index contributed by atoms with van der Waals surface area (Å²) in [5.41, 5.74) is 0.441. The van der Waals surface area contributed by atoms with Crippen molar-refractivity contribution in [3.05, 3.63) is 53.8 Å². The molecule has 27 heavy (non-hydrogen) atoms. The SMILES string of the molecule is O=S(=O)(c1cccc(Cl)c1)N1CCCC[C@@H]1c1nnc(-c2cnccn2)o1. The van der Waals surface area contributed by atoms with E-state index in [9.17, 15) is 8.42 Å². The minimum absolute atomic E-state index is 0.149. The van der Waals surface area contributed by atoms with Crippen LogP contribution in [0.4, 0.5) is 0 Å². The molecule has 1 aliphatic heterocycles. The van der Waals surface area contributed by atoms with Crippen LogP contribution in [0, 0.1) is 0 Å². The van der Waals surface area contributed by atoms with Crippen molar-refractivity contribution in [1.82, 2.24) is 24.5 Å². The number of rotatable bonds is 4. The van der Waals surface area contributed by atoms with E-state index in [0.717, 1.165) is 12.8 Å². The zero-order valence-corrected chi connectivity index (χ0v) is 15.8. The van der Waals surface area contributed by atoms with Crippen molar-refractivity contribution >= 4 is 21.6 Å². The van der Waals surface area contributed by atoms with Crippen LogP contribution in [-0.4, -0.2) is 39.4 Å². The van der Waals surface area contributed by atoms with Gasteiger partial charge in [-0.25, -0.2) is 13.4 Å². The Balaban J connectivity index is 1.68. The molecule has 0 bridgehead atoms. The molecule has 1 aliphatic rings. The number of hydrogen-bond acceptors (Lipinski definition) is 7. The molecule has 8 nitrogen and oxygen atoms in total. The summed E-state index contributed by atoms with van der Waals surface area (Å²) in [6.07, 6.45) is 6.81. The van der Waals surface area contributed by atoms with Crippen LogP contribution in [-0.2, 0) is 10.0 Å². The highest BCUT2D eigenvalue weighted by Gasteiger charge is 2.37. The molecular weight excluding hydrogens is 390 g/mol. The summed E-state index contributed by atoms with van der Waals surface area (Å²) in [5.74, 6) is 0.463. The highest BCUT2D eigenvalue weighted by atomic mass is 35.5. The van der Waals surface area contributed by atoms with Crippen molar-refractivity contribution in [2.45, 2.75) is 30.2 Å². The van der Waals surface area contributed by atoms with Gasteiger partial charge in [0.15, 0.2) is 0 Å². The van der Waals surface area contributed by atoms with E-state index in [2.05, 4.69) is 20.2 Å². The van der Waals surface area contributed by atoms with Gasteiger partial charge in [0, 0.05) is 24.0 Å². The van der Waals surface area contributed by atoms with Crippen LogP contribution in [0.3, 0.4) is 0 Å². The first kappa shape index (κ1) is 18.0. The maximum absolute atomic E-state index is 13.2. The molecule has 1 atom stereocenters. The molecule has 0 unspecified atom stereocenters. The van der Waals surface area contributed by atoms with Gasteiger partial charge in [0.2, 0.25) is 15.9 Å². The molecule has 0 spiro atoms. The molecule has 3 heterocycles. The number of piperidine rings is 1. The van der Waals surface area contributed by atoms with Crippen molar-refractivity contribution in [1.29, 1.82) is 0 Å². The minimum atomic E-state index is -3.74. The Morgan fingerprint density at radius 2 is 2.07 bits per heavy atom. The Kier molecular flexibility index (Phi) is 4.90. The number of halogens is 1. The van der Waals surface area contributed by atoms with E-state index in [-0.39, 0.29) is 16.7 Å². The van der Waals surface area contributed by atoms with E-state index in [1.54, 1.807) is 18.3 Å². The van der Waals surface area contributed by atoms with Gasteiger partial charge in [-0.2, -0.15) is 4.31 Å². The predicted molar refractivity (Wildman–Crippen MR) is 97.3 cm³/mol. The van der Waals surface area contributed by atoms with Crippen molar-refractivity contribution in [3.8, 4) is 11.6 Å². The third-order valence-corrected chi connectivity index (χ3v) is 6.50. The largest absolute Gasteiger partial charge is 0.417 e. The van der Waals surface area contributed by atoms with E-state index in [0.29, 0.717) is 23.7 Å². The van der Waals surface area contributed by atoms with Crippen molar-refractivity contribution in [3.63, 3.8) is 0 Å². The summed E-state index contributed by atoms with van der Waals surface area (Å²) in [7, 11) is -3.74. The first-order chi connectivity index (χ1) is 13.1. The fraction of sp³-hybridized carbons (Fsp3) is 0.294. The maximum Gasteiger partial charge on any atom is 0.267 e. The number of aromatic nitrogens is 4. The van der Waals surface area contributed by atoms with Crippen molar-refractivity contribution in [2.75, 3.05) is 6.54 Å². The van der Waals surface area contributed by atoms with E-state index in [4.69, 9.17) is 16.0 Å². The number of sulfonamides is 1. The Labute approximate surface area is 161 Å². The third-order valence-electron chi connectivity index (χ3n) is 4.36. The second-order valence-electron chi connectivity index (χ2n) is 6.12. The summed E-state index contributed by atoms with van der Waals surface area (Å²) < 4.78 is 33.5. The van der Waals surface area contributed by atoms with Gasteiger partial charge in [-0.05, 0) is 31.0 Å². The van der Waals surface area contributed by atoms with Gasteiger partial charge in [-0.3, -0.25) is 4.98 Å². The van der Waals surface area contributed by atoms with Crippen molar-refractivity contribution < 1.29 is 12.8 Å². The molecule has 4 rings (SSSR count).